The van der Waals surface area contributed by atoms with Crippen molar-refractivity contribution in [3.8, 4) is 0 Å². The predicted molar refractivity (Wildman–Crippen MR) is 48.0 cm³/mol. The van der Waals surface area contributed by atoms with Crippen molar-refractivity contribution in [3.63, 3.8) is 0 Å². The molecule has 1 aliphatic heterocycles. The van der Waals surface area contributed by atoms with E-state index in [9.17, 15) is 4.89 Å². The maximum Gasteiger partial charge on any atom is 0.0277 e. The molecule has 0 bridgehead atoms. The quantitative estimate of drug-likeness (QED) is 0.632. The van der Waals surface area contributed by atoms with Crippen LogP contribution in [0.1, 0.15) is 12.8 Å². The normalized spacial score (nSPS) is 29.2. The second kappa shape index (κ2) is 3.38. The SMILES string of the molecule is OP1CCN(CC2CC2)CC1. The molecule has 2 fully saturated rings. The molecule has 0 aromatic carbocycles. The van der Waals surface area contributed by atoms with Gasteiger partial charge in [-0.15, -0.1) is 0 Å². The van der Waals surface area contributed by atoms with Crippen molar-refractivity contribution in [2.75, 3.05) is 32.0 Å². The topological polar surface area (TPSA) is 23.5 Å². The summed E-state index contributed by atoms with van der Waals surface area (Å²) in [5.41, 5.74) is 0. The molecule has 11 heavy (non-hydrogen) atoms. The van der Waals surface area contributed by atoms with Crippen LogP contribution in [0.2, 0.25) is 0 Å². The van der Waals surface area contributed by atoms with E-state index < -0.39 is 8.15 Å². The maximum absolute atomic E-state index is 9.31. The first-order valence-electron chi connectivity index (χ1n) is 4.51. The van der Waals surface area contributed by atoms with Gasteiger partial charge in [-0.1, -0.05) is 0 Å². The van der Waals surface area contributed by atoms with Crippen molar-refractivity contribution in [1.29, 1.82) is 0 Å². The molecule has 64 valence electrons. The van der Waals surface area contributed by atoms with Crippen LogP contribution in [0.4, 0.5) is 0 Å². The molecule has 1 N–H and O–H groups in total. The van der Waals surface area contributed by atoms with Gasteiger partial charge in [0.25, 0.3) is 0 Å². The monoisotopic (exact) mass is 173 g/mol. The Morgan fingerprint density at radius 2 is 1.91 bits per heavy atom. The number of rotatable bonds is 2. The average Bonchev–Trinajstić information content (AvgIpc) is 2.78. The third kappa shape index (κ3) is 2.40. The highest BCUT2D eigenvalue weighted by Crippen LogP contribution is 2.35. The highest BCUT2D eigenvalue weighted by Gasteiger charge is 2.26. The fourth-order valence-electron chi connectivity index (χ4n) is 1.59. The average molecular weight is 173 g/mol. The molecule has 0 spiro atoms. The lowest BCUT2D eigenvalue weighted by Crippen LogP contribution is -2.35. The zero-order valence-electron chi connectivity index (χ0n) is 6.87. The van der Waals surface area contributed by atoms with Crippen molar-refractivity contribution >= 4 is 8.15 Å². The molecule has 1 saturated carbocycles. The summed E-state index contributed by atoms with van der Waals surface area (Å²) >= 11 is 0. The van der Waals surface area contributed by atoms with Gasteiger partial charge in [-0.2, -0.15) is 0 Å². The molecule has 0 unspecified atom stereocenters. The van der Waals surface area contributed by atoms with Crippen LogP contribution in [0, 0.1) is 5.92 Å². The van der Waals surface area contributed by atoms with E-state index in [0.29, 0.717) is 0 Å². The maximum atomic E-state index is 9.31. The van der Waals surface area contributed by atoms with Crippen LogP contribution < -0.4 is 0 Å². The van der Waals surface area contributed by atoms with Crippen LogP contribution in [0.5, 0.6) is 0 Å². The van der Waals surface area contributed by atoms with Crippen molar-refractivity contribution < 1.29 is 4.89 Å². The molecule has 0 atom stereocenters. The summed E-state index contributed by atoms with van der Waals surface area (Å²) in [6, 6.07) is 0. The van der Waals surface area contributed by atoms with E-state index in [-0.39, 0.29) is 0 Å². The van der Waals surface area contributed by atoms with Gasteiger partial charge >= 0.3 is 0 Å². The van der Waals surface area contributed by atoms with E-state index >= 15 is 0 Å². The highest BCUT2D eigenvalue weighted by atomic mass is 31.1. The van der Waals surface area contributed by atoms with Gasteiger partial charge in [0.2, 0.25) is 0 Å². The third-order valence-corrected chi connectivity index (χ3v) is 3.99. The largest absolute Gasteiger partial charge is 0.374 e. The number of hydrogen-bond acceptors (Lipinski definition) is 2. The summed E-state index contributed by atoms with van der Waals surface area (Å²) < 4.78 is 0. The first kappa shape index (κ1) is 7.97. The van der Waals surface area contributed by atoms with Gasteiger partial charge in [0, 0.05) is 40.1 Å². The summed E-state index contributed by atoms with van der Waals surface area (Å²) in [6.45, 7) is 3.61. The first-order valence-corrected chi connectivity index (χ1v) is 6.17. The molecule has 1 aliphatic carbocycles. The second-order valence-electron chi connectivity index (χ2n) is 3.70. The van der Waals surface area contributed by atoms with Crippen molar-refractivity contribution in [2.45, 2.75) is 12.8 Å². The fraction of sp³-hybridized carbons (Fsp3) is 1.00. The Labute approximate surface area is 69.4 Å². The van der Waals surface area contributed by atoms with Gasteiger partial charge in [-0.05, 0) is 18.8 Å². The van der Waals surface area contributed by atoms with Gasteiger partial charge < -0.3 is 9.79 Å². The van der Waals surface area contributed by atoms with E-state index in [1.54, 1.807) is 0 Å². The summed E-state index contributed by atoms with van der Waals surface area (Å²) in [6.07, 6.45) is 5.01. The molecular formula is C8H16NOP. The molecule has 0 radical (unpaired) electrons. The van der Waals surface area contributed by atoms with Gasteiger partial charge in [0.05, 0.1) is 0 Å². The molecule has 1 heterocycles. The summed E-state index contributed by atoms with van der Waals surface area (Å²) in [5, 5.41) is 0. The van der Waals surface area contributed by atoms with Crippen LogP contribution >= 0.6 is 8.15 Å². The van der Waals surface area contributed by atoms with E-state index in [4.69, 9.17) is 0 Å². The standard InChI is InChI=1S/C8H16NOP/c10-11-5-3-9(4-6-11)7-8-1-2-8/h8,10H,1-7H2. The second-order valence-corrected chi connectivity index (χ2v) is 5.60. The Bertz CT molecular complexity index is 130. The molecule has 2 aliphatic rings. The van der Waals surface area contributed by atoms with Crippen LogP contribution in [0.15, 0.2) is 0 Å². The van der Waals surface area contributed by atoms with Crippen molar-refractivity contribution in [3.05, 3.63) is 0 Å². The van der Waals surface area contributed by atoms with E-state index in [1.807, 2.05) is 0 Å². The molecule has 0 aromatic heterocycles. The van der Waals surface area contributed by atoms with E-state index in [2.05, 4.69) is 4.90 Å². The molecular weight excluding hydrogens is 157 g/mol. The molecule has 1 saturated heterocycles. The van der Waals surface area contributed by atoms with E-state index in [0.717, 1.165) is 31.3 Å². The highest BCUT2D eigenvalue weighted by molar-refractivity contribution is 7.51. The zero-order valence-corrected chi connectivity index (χ0v) is 7.76. The van der Waals surface area contributed by atoms with Crippen LogP contribution in [0.3, 0.4) is 0 Å². The molecule has 2 rings (SSSR count). The number of nitrogens with zero attached hydrogens (tertiary/aromatic N) is 1. The fourth-order valence-corrected chi connectivity index (χ4v) is 2.84. The van der Waals surface area contributed by atoms with Crippen molar-refractivity contribution in [1.82, 2.24) is 4.90 Å². The summed E-state index contributed by atoms with van der Waals surface area (Å²) in [4.78, 5) is 11.8. The minimum atomic E-state index is -0.565. The zero-order chi connectivity index (χ0) is 7.68. The molecule has 0 amide bonds. The third-order valence-electron chi connectivity index (χ3n) is 2.56. The Balaban J connectivity index is 1.69. The number of hydrogen-bond donors (Lipinski definition) is 1. The minimum Gasteiger partial charge on any atom is -0.374 e. The van der Waals surface area contributed by atoms with Gasteiger partial charge in [0.1, 0.15) is 0 Å². The lowest BCUT2D eigenvalue weighted by molar-refractivity contribution is 0.282. The van der Waals surface area contributed by atoms with Crippen LogP contribution in [-0.2, 0) is 0 Å². The van der Waals surface area contributed by atoms with Gasteiger partial charge in [-0.3, -0.25) is 0 Å². The summed E-state index contributed by atoms with van der Waals surface area (Å²) in [5.74, 6) is 1.01. The smallest absolute Gasteiger partial charge is 0.0277 e. The minimum absolute atomic E-state index is 0.565. The summed E-state index contributed by atoms with van der Waals surface area (Å²) in [7, 11) is -0.565. The lowest BCUT2D eigenvalue weighted by atomic mass is 10.3. The first-order chi connectivity index (χ1) is 5.34. The van der Waals surface area contributed by atoms with Crippen molar-refractivity contribution in [2.24, 2.45) is 5.92 Å². The lowest BCUT2D eigenvalue weighted by Gasteiger charge is -2.29. The Kier molecular flexibility index (Phi) is 2.45. The van der Waals surface area contributed by atoms with Gasteiger partial charge in [-0.25, -0.2) is 0 Å². The Morgan fingerprint density at radius 3 is 2.45 bits per heavy atom. The Hall–Kier alpha value is 0.350. The van der Waals surface area contributed by atoms with E-state index in [1.165, 1.54) is 19.4 Å². The predicted octanol–water partition coefficient (Wildman–Crippen LogP) is 1.10. The molecule has 2 nitrogen and oxygen atoms in total. The van der Waals surface area contributed by atoms with Crippen LogP contribution in [-0.4, -0.2) is 41.8 Å². The van der Waals surface area contributed by atoms with Gasteiger partial charge in [0.15, 0.2) is 0 Å². The van der Waals surface area contributed by atoms with Crippen LogP contribution in [0.25, 0.3) is 0 Å². The Morgan fingerprint density at radius 1 is 1.27 bits per heavy atom. The molecule has 0 aromatic rings. The molecule has 3 heteroatoms.